The molecule has 1 spiro atoms. The predicted octanol–water partition coefficient (Wildman–Crippen LogP) is 0.472. The molecule has 1 atom stereocenters. The van der Waals surface area contributed by atoms with Crippen molar-refractivity contribution in [3.8, 4) is 0 Å². The molecule has 154 valence electrons. The zero-order chi connectivity index (χ0) is 19.4. The second kappa shape index (κ2) is 8.75. The number of likely N-dealkylation sites (tertiary alicyclic amines) is 1. The van der Waals surface area contributed by atoms with E-state index in [9.17, 15) is 9.59 Å². The van der Waals surface area contributed by atoms with Gasteiger partial charge in [-0.3, -0.25) is 9.69 Å². The van der Waals surface area contributed by atoms with Crippen LogP contribution >= 0.6 is 0 Å². The van der Waals surface area contributed by atoms with Gasteiger partial charge in [0.05, 0.1) is 19.8 Å². The van der Waals surface area contributed by atoms with Crippen LogP contribution in [0.4, 0.5) is 4.79 Å². The number of nitrogens with zero attached hydrogens (tertiary/aromatic N) is 4. The van der Waals surface area contributed by atoms with Crippen molar-refractivity contribution in [1.29, 1.82) is 0 Å². The lowest BCUT2D eigenvalue weighted by atomic mass is 9.91. The molecular formula is C19H34N4O4. The molecule has 0 bridgehead atoms. The molecule has 0 aromatic carbocycles. The van der Waals surface area contributed by atoms with E-state index in [0.29, 0.717) is 32.6 Å². The summed E-state index contributed by atoms with van der Waals surface area (Å²) >= 11 is 0. The van der Waals surface area contributed by atoms with Crippen LogP contribution in [-0.2, 0) is 14.3 Å². The lowest BCUT2D eigenvalue weighted by Gasteiger charge is -2.38. The van der Waals surface area contributed by atoms with Crippen LogP contribution in [0.3, 0.4) is 0 Å². The van der Waals surface area contributed by atoms with Crippen molar-refractivity contribution < 1.29 is 19.1 Å². The average molecular weight is 383 g/mol. The van der Waals surface area contributed by atoms with Gasteiger partial charge in [0.1, 0.15) is 5.60 Å². The van der Waals surface area contributed by atoms with Crippen LogP contribution in [-0.4, -0.2) is 116 Å². The van der Waals surface area contributed by atoms with Crippen molar-refractivity contribution in [3.63, 3.8) is 0 Å². The molecule has 3 aliphatic rings. The first kappa shape index (κ1) is 20.4. The summed E-state index contributed by atoms with van der Waals surface area (Å²) in [4.78, 5) is 33.0. The van der Waals surface area contributed by atoms with Crippen molar-refractivity contribution >= 4 is 12.0 Å². The number of rotatable bonds is 6. The fourth-order valence-corrected chi connectivity index (χ4v) is 4.14. The zero-order valence-corrected chi connectivity index (χ0v) is 17.0. The first-order valence-corrected chi connectivity index (χ1v) is 10.1. The van der Waals surface area contributed by atoms with Gasteiger partial charge in [-0.1, -0.05) is 0 Å². The third kappa shape index (κ3) is 5.12. The molecule has 0 N–H and O–H groups in total. The van der Waals surface area contributed by atoms with Gasteiger partial charge in [0, 0.05) is 64.6 Å². The normalized spacial score (nSPS) is 24.5. The molecule has 3 saturated heterocycles. The molecule has 3 aliphatic heterocycles. The number of hydrogen-bond donors (Lipinski definition) is 0. The van der Waals surface area contributed by atoms with E-state index in [1.807, 2.05) is 19.0 Å². The molecule has 0 aromatic rings. The van der Waals surface area contributed by atoms with E-state index >= 15 is 0 Å². The highest BCUT2D eigenvalue weighted by Crippen LogP contribution is 2.33. The summed E-state index contributed by atoms with van der Waals surface area (Å²) in [5.41, 5.74) is -0.407. The van der Waals surface area contributed by atoms with Gasteiger partial charge in [0.15, 0.2) is 0 Å². The van der Waals surface area contributed by atoms with E-state index in [2.05, 4.69) is 16.7 Å². The second-order valence-electron chi connectivity index (χ2n) is 8.36. The van der Waals surface area contributed by atoms with E-state index < -0.39 is 5.60 Å². The summed E-state index contributed by atoms with van der Waals surface area (Å²) in [5, 5.41) is 0. The highest BCUT2D eigenvalue weighted by atomic mass is 16.6. The Morgan fingerprint density at radius 3 is 2.48 bits per heavy atom. The minimum Gasteiger partial charge on any atom is -0.441 e. The van der Waals surface area contributed by atoms with Crippen molar-refractivity contribution in [3.05, 3.63) is 0 Å². The Bertz CT molecular complexity index is 528. The Hall–Kier alpha value is -1.38. The van der Waals surface area contributed by atoms with Gasteiger partial charge in [-0.15, -0.1) is 0 Å². The molecule has 3 fully saturated rings. The van der Waals surface area contributed by atoms with Gasteiger partial charge in [-0.25, -0.2) is 4.79 Å². The quantitative estimate of drug-likeness (QED) is 0.666. The van der Waals surface area contributed by atoms with Crippen molar-refractivity contribution in [1.82, 2.24) is 19.6 Å². The Labute approximate surface area is 162 Å². The molecule has 2 amide bonds. The molecule has 0 unspecified atom stereocenters. The van der Waals surface area contributed by atoms with Crippen LogP contribution in [0.2, 0.25) is 0 Å². The lowest BCUT2D eigenvalue weighted by molar-refractivity contribution is -0.136. The topological polar surface area (TPSA) is 65.6 Å². The van der Waals surface area contributed by atoms with Crippen LogP contribution < -0.4 is 0 Å². The van der Waals surface area contributed by atoms with E-state index in [1.54, 1.807) is 4.90 Å². The Morgan fingerprint density at radius 2 is 1.85 bits per heavy atom. The van der Waals surface area contributed by atoms with E-state index in [4.69, 9.17) is 9.47 Å². The second-order valence-corrected chi connectivity index (χ2v) is 8.36. The van der Waals surface area contributed by atoms with Gasteiger partial charge in [-0.2, -0.15) is 0 Å². The monoisotopic (exact) mass is 382 g/mol. The average Bonchev–Trinajstić information content (AvgIpc) is 2.96. The van der Waals surface area contributed by atoms with Crippen LogP contribution in [0.1, 0.15) is 26.2 Å². The summed E-state index contributed by atoms with van der Waals surface area (Å²) in [5.74, 6) is 0.206. The first-order valence-electron chi connectivity index (χ1n) is 10.1. The fourth-order valence-electron chi connectivity index (χ4n) is 4.14. The smallest absolute Gasteiger partial charge is 0.410 e. The Kier molecular flexibility index (Phi) is 6.60. The summed E-state index contributed by atoms with van der Waals surface area (Å²) < 4.78 is 11.1. The molecular weight excluding hydrogens is 348 g/mol. The molecule has 27 heavy (non-hydrogen) atoms. The zero-order valence-electron chi connectivity index (χ0n) is 17.0. The molecule has 8 heteroatoms. The highest BCUT2D eigenvalue weighted by Gasteiger charge is 2.47. The first-order chi connectivity index (χ1) is 12.9. The minimum atomic E-state index is -0.407. The number of carbonyl (C=O) groups is 2. The summed E-state index contributed by atoms with van der Waals surface area (Å²) in [6, 6.07) is 0.239. The third-order valence-corrected chi connectivity index (χ3v) is 6.02. The van der Waals surface area contributed by atoms with Crippen molar-refractivity contribution in [2.45, 2.75) is 37.8 Å². The molecule has 3 rings (SSSR count). The van der Waals surface area contributed by atoms with Crippen LogP contribution in [0.25, 0.3) is 0 Å². The van der Waals surface area contributed by atoms with Gasteiger partial charge < -0.3 is 24.2 Å². The van der Waals surface area contributed by atoms with E-state index in [-0.39, 0.29) is 18.0 Å². The Morgan fingerprint density at radius 1 is 1.19 bits per heavy atom. The predicted molar refractivity (Wildman–Crippen MR) is 102 cm³/mol. The third-order valence-electron chi connectivity index (χ3n) is 6.02. The standard InChI is InChI=1S/C19H34N4O4/c1-16(21-10-12-26-13-11-21)14-17(24)22-6-4-19(5-7-22)15-23(18(25)27-19)9-8-20(2)3/h16H,4-15H2,1-3H3/t16-/m1/s1. The van der Waals surface area contributed by atoms with Crippen LogP contribution in [0, 0.1) is 0 Å². The number of likely N-dealkylation sites (N-methyl/N-ethyl adjacent to an activating group) is 1. The molecule has 0 radical (unpaired) electrons. The maximum absolute atomic E-state index is 12.7. The SMILES string of the molecule is C[C@H](CC(=O)N1CCC2(CC1)CN(CCN(C)C)C(=O)O2)N1CCOCC1. The number of morpholine rings is 1. The molecule has 0 saturated carbocycles. The van der Waals surface area contributed by atoms with Gasteiger partial charge in [-0.05, 0) is 21.0 Å². The van der Waals surface area contributed by atoms with Crippen LogP contribution in [0.15, 0.2) is 0 Å². The summed E-state index contributed by atoms with van der Waals surface area (Å²) in [6.45, 7) is 8.92. The maximum atomic E-state index is 12.7. The number of piperidine rings is 1. The molecule has 3 heterocycles. The van der Waals surface area contributed by atoms with Crippen molar-refractivity contribution in [2.24, 2.45) is 0 Å². The summed E-state index contributed by atoms with van der Waals surface area (Å²) in [6.07, 6.45) is 1.79. The van der Waals surface area contributed by atoms with Crippen LogP contribution in [0.5, 0.6) is 0 Å². The largest absolute Gasteiger partial charge is 0.441 e. The number of carbonyl (C=O) groups excluding carboxylic acids is 2. The highest BCUT2D eigenvalue weighted by molar-refractivity contribution is 5.77. The summed E-state index contributed by atoms with van der Waals surface area (Å²) in [7, 11) is 4.00. The van der Waals surface area contributed by atoms with E-state index in [0.717, 1.165) is 45.7 Å². The Balaban J connectivity index is 1.45. The van der Waals surface area contributed by atoms with Gasteiger partial charge in [0.25, 0.3) is 0 Å². The molecule has 0 aliphatic carbocycles. The number of hydrogen-bond acceptors (Lipinski definition) is 6. The fraction of sp³-hybridized carbons (Fsp3) is 0.895. The minimum absolute atomic E-state index is 0.206. The van der Waals surface area contributed by atoms with Crippen molar-refractivity contribution in [2.75, 3.05) is 73.1 Å². The maximum Gasteiger partial charge on any atom is 0.410 e. The number of amides is 2. The van der Waals surface area contributed by atoms with E-state index in [1.165, 1.54) is 0 Å². The lowest BCUT2D eigenvalue weighted by Crippen LogP contribution is -2.50. The number of ether oxygens (including phenoxy) is 2. The van der Waals surface area contributed by atoms with Gasteiger partial charge >= 0.3 is 6.09 Å². The van der Waals surface area contributed by atoms with Gasteiger partial charge in [0.2, 0.25) is 5.91 Å². The molecule has 8 nitrogen and oxygen atoms in total. The molecule has 0 aromatic heterocycles.